The molecule has 0 aromatic heterocycles. The first-order valence-electron chi connectivity index (χ1n) is 8.04. The van der Waals surface area contributed by atoms with Crippen molar-refractivity contribution in [1.29, 1.82) is 0 Å². The minimum Gasteiger partial charge on any atom is -0.426 e. The fraction of sp³-hybridized carbons (Fsp3) is 0.278. The Hall–Kier alpha value is -2.31. The molecule has 4 N–H and O–H groups in total. The molecule has 6 heteroatoms. The first-order valence-corrected chi connectivity index (χ1v) is 8.04. The van der Waals surface area contributed by atoms with E-state index in [4.69, 9.17) is 0 Å². The molecular weight excluding hydrogens is 303 g/mol. The van der Waals surface area contributed by atoms with E-state index in [2.05, 4.69) is 16.7 Å². The van der Waals surface area contributed by atoms with Gasteiger partial charge in [0.05, 0.1) is 5.94 Å². The van der Waals surface area contributed by atoms with Crippen molar-refractivity contribution in [3.05, 3.63) is 71.3 Å². The smallest absolute Gasteiger partial charge is 0.426 e. The number of benzene rings is 2. The molecule has 1 atom stereocenters. The Morgan fingerprint density at radius 2 is 1.79 bits per heavy atom. The average Bonchev–Trinajstić information content (AvgIpc) is 2.55. The highest BCUT2D eigenvalue weighted by atomic mass is 16.4. The van der Waals surface area contributed by atoms with E-state index in [-0.39, 0.29) is 0 Å². The summed E-state index contributed by atoms with van der Waals surface area (Å²) in [6.45, 7) is 2.51. The van der Waals surface area contributed by atoms with Crippen LogP contribution < -0.4 is 10.6 Å². The summed E-state index contributed by atoms with van der Waals surface area (Å²) in [7, 11) is -1.62. The lowest BCUT2D eigenvalue weighted by atomic mass is 9.76. The topological polar surface area (TPSA) is 81.6 Å². The molecule has 0 saturated heterocycles. The number of carbonyl (C=O) groups excluding carboxylic acids is 1. The van der Waals surface area contributed by atoms with E-state index in [1.165, 1.54) is 5.56 Å². The van der Waals surface area contributed by atoms with Gasteiger partial charge in [0.25, 0.3) is 0 Å². The number of amides is 2. The van der Waals surface area contributed by atoms with E-state index in [0.717, 1.165) is 17.5 Å². The normalized spacial score (nSPS) is 11.6. The highest BCUT2D eigenvalue weighted by molar-refractivity contribution is 6.43. The van der Waals surface area contributed by atoms with Crippen LogP contribution in [0, 0.1) is 6.92 Å². The number of hydrogen-bond acceptors (Lipinski definition) is 3. The number of hydrogen-bond donors (Lipinski definition) is 4. The standard InChI is InChI=1S/C18H23BN2O3/c1-14-6-5-9-16(12-14)10-11-20-18(22)21-17(19(23)24)13-15-7-3-2-4-8-15/h2-9,12,17,23-24H,10-11,13H2,1H3,(H2,20,21,22). The van der Waals surface area contributed by atoms with Gasteiger partial charge in [0.1, 0.15) is 0 Å². The molecule has 24 heavy (non-hydrogen) atoms. The van der Waals surface area contributed by atoms with E-state index in [1.54, 1.807) is 0 Å². The monoisotopic (exact) mass is 326 g/mol. The zero-order valence-corrected chi connectivity index (χ0v) is 13.8. The molecule has 0 aliphatic carbocycles. The van der Waals surface area contributed by atoms with Crippen LogP contribution in [0.5, 0.6) is 0 Å². The van der Waals surface area contributed by atoms with Gasteiger partial charge in [-0.25, -0.2) is 4.79 Å². The number of nitrogens with one attached hydrogen (secondary N) is 2. The Kier molecular flexibility index (Phi) is 6.84. The number of urea groups is 1. The first-order chi connectivity index (χ1) is 11.5. The van der Waals surface area contributed by atoms with Gasteiger partial charge < -0.3 is 20.7 Å². The van der Waals surface area contributed by atoms with Crippen molar-refractivity contribution >= 4 is 13.1 Å². The van der Waals surface area contributed by atoms with Gasteiger partial charge in [-0.2, -0.15) is 0 Å². The number of aryl methyl sites for hydroxylation is 1. The lowest BCUT2D eigenvalue weighted by Gasteiger charge is -2.18. The van der Waals surface area contributed by atoms with E-state index < -0.39 is 19.1 Å². The van der Waals surface area contributed by atoms with Crippen molar-refractivity contribution in [3.63, 3.8) is 0 Å². The lowest BCUT2D eigenvalue weighted by molar-refractivity contribution is 0.237. The average molecular weight is 326 g/mol. The summed E-state index contributed by atoms with van der Waals surface area (Å²) in [5, 5.41) is 24.3. The molecule has 0 spiro atoms. The molecule has 0 aliphatic heterocycles. The molecule has 126 valence electrons. The van der Waals surface area contributed by atoms with Crippen molar-refractivity contribution in [2.75, 3.05) is 6.54 Å². The summed E-state index contributed by atoms with van der Waals surface area (Å²) in [6.07, 6.45) is 1.07. The van der Waals surface area contributed by atoms with Crippen molar-refractivity contribution in [3.8, 4) is 0 Å². The highest BCUT2D eigenvalue weighted by Gasteiger charge is 2.25. The van der Waals surface area contributed by atoms with Gasteiger partial charge in [-0.1, -0.05) is 60.2 Å². The zero-order chi connectivity index (χ0) is 17.4. The largest absolute Gasteiger partial charge is 0.475 e. The van der Waals surface area contributed by atoms with E-state index in [9.17, 15) is 14.8 Å². The Morgan fingerprint density at radius 3 is 2.46 bits per heavy atom. The van der Waals surface area contributed by atoms with Crippen LogP contribution in [0.25, 0.3) is 0 Å². The Morgan fingerprint density at radius 1 is 1.08 bits per heavy atom. The minimum absolute atomic E-state index is 0.351. The summed E-state index contributed by atoms with van der Waals surface area (Å²) in [6, 6.07) is 17.1. The molecule has 1 unspecified atom stereocenters. The van der Waals surface area contributed by atoms with Gasteiger partial charge in [-0.05, 0) is 30.9 Å². The summed E-state index contributed by atoms with van der Waals surface area (Å²) < 4.78 is 0. The summed E-state index contributed by atoms with van der Waals surface area (Å²) in [5.41, 5.74) is 3.26. The minimum atomic E-state index is -1.62. The predicted molar refractivity (Wildman–Crippen MR) is 95.5 cm³/mol. The summed E-state index contributed by atoms with van der Waals surface area (Å²) in [5.74, 6) is -0.758. The zero-order valence-electron chi connectivity index (χ0n) is 13.8. The maximum Gasteiger partial charge on any atom is 0.475 e. The van der Waals surface area contributed by atoms with E-state index in [1.807, 2.05) is 55.5 Å². The van der Waals surface area contributed by atoms with Crippen LogP contribution in [0.1, 0.15) is 16.7 Å². The van der Waals surface area contributed by atoms with Crippen molar-refractivity contribution in [2.24, 2.45) is 0 Å². The van der Waals surface area contributed by atoms with E-state index >= 15 is 0 Å². The molecule has 2 aromatic rings. The van der Waals surface area contributed by atoms with Crippen LogP contribution in [-0.4, -0.2) is 35.7 Å². The van der Waals surface area contributed by atoms with Crippen LogP contribution in [0.2, 0.25) is 0 Å². The maximum atomic E-state index is 12.0. The molecule has 0 aliphatic rings. The lowest BCUT2D eigenvalue weighted by Crippen LogP contribution is -2.51. The molecule has 0 bridgehead atoms. The first kappa shape index (κ1) is 18.0. The predicted octanol–water partition coefficient (Wildman–Crippen LogP) is 1.46. The molecular formula is C18H23BN2O3. The molecule has 0 heterocycles. The van der Waals surface area contributed by atoms with Gasteiger partial charge in [0.15, 0.2) is 0 Å². The second kappa shape index (κ2) is 9.10. The molecule has 2 rings (SSSR count). The fourth-order valence-corrected chi connectivity index (χ4v) is 2.51. The molecule has 0 fully saturated rings. The second-order valence-corrected chi connectivity index (χ2v) is 5.85. The van der Waals surface area contributed by atoms with Gasteiger partial charge in [0.2, 0.25) is 0 Å². The third-order valence-corrected chi connectivity index (χ3v) is 3.76. The molecule has 0 saturated carbocycles. The second-order valence-electron chi connectivity index (χ2n) is 5.85. The van der Waals surface area contributed by atoms with E-state index in [0.29, 0.717) is 13.0 Å². The van der Waals surface area contributed by atoms with Gasteiger partial charge in [0, 0.05) is 6.54 Å². The summed E-state index contributed by atoms with van der Waals surface area (Å²) in [4.78, 5) is 12.0. The SMILES string of the molecule is Cc1cccc(CCNC(=O)NC(Cc2ccccc2)B(O)O)c1. The van der Waals surface area contributed by atoms with Gasteiger partial charge in [-0.3, -0.25) is 0 Å². The molecule has 0 radical (unpaired) electrons. The van der Waals surface area contributed by atoms with Crippen molar-refractivity contribution in [1.82, 2.24) is 10.6 Å². The third kappa shape index (κ3) is 6.06. The fourth-order valence-electron chi connectivity index (χ4n) is 2.51. The quantitative estimate of drug-likeness (QED) is 0.582. The third-order valence-electron chi connectivity index (χ3n) is 3.76. The Labute approximate surface area is 142 Å². The Bertz CT molecular complexity index is 650. The van der Waals surface area contributed by atoms with Crippen molar-refractivity contribution in [2.45, 2.75) is 25.7 Å². The molecule has 2 amide bonds. The maximum absolute atomic E-state index is 12.0. The number of carbonyl (C=O) groups is 1. The number of rotatable bonds is 7. The molecule has 5 nitrogen and oxygen atoms in total. The summed E-state index contributed by atoms with van der Waals surface area (Å²) >= 11 is 0. The van der Waals surface area contributed by atoms with Gasteiger partial charge in [-0.15, -0.1) is 0 Å². The highest BCUT2D eigenvalue weighted by Crippen LogP contribution is 2.05. The van der Waals surface area contributed by atoms with Crippen LogP contribution in [0.4, 0.5) is 4.79 Å². The van der Waals surface area contributed by atoms with Gasteiger partial charge >= 0.3 is 13.1 Å². The van der Waals surface area contributed by atoms with Crippen LogP contribution in [-0.2, 0) is 12.8 Å². The van der Waals surface area contributed by atoms with Crippen LogP contribution >= 0.6 is 0 Å². The Balaban J connectivity index is 1.80. The van der Waals surface area contributed by atoms with Crippen LogP contribution in [0.15, 0.2) is 54.6 Å². The molecule has 2 aromatic carbocycles. The van der Waals surface area contributed by atoms with Crippen molar-refractivity contribution < 1.29 is 14.8 Å². The van der Waals surface area contributed by atoms with Crippen LogP contribution in [0.3, 0.4) is 0 Å².